The molecule has 1 N–H and O–H groups in total. The smallest absolute Gasteiger partial charge is 0.0591 e. The van der Waals surface area contributed by atoms with Crippen molar-refractivity contribution in [3.63, 3.8) is 0 Å². The largest absolute Gasteiger partial charge is 0.306 e. The highest BCUT2D eigenvalue weighted by Crippen LogP contribution is 2.30. The monoisotopic (exact) mass is 351 g/mol. The Labute approximate surface area is 134 Å². The van der Waals surface area contributed by atoms with E-state index in [1.807, 2.05) is 18.2 Å². The molecule has 0 fully saturated rings. The molecule has 2 rings (SSSR count). The van der Waals surface area contributed by atoms with Crippen LogP contribution in [-0.2, 0) is 0 Å². The molecule has 1 nitrogen and oxygen atoms in total. The molecule has 0 aliphatic carbocycles. The fourth-order valence-corrected chi connectivity index (χ4v) is 3.21. The minimum Gasteiger partial charge on any atom is -0.306 e. The van der Waals surface area contributed by atoms with Crippen molar-refractivity contribution in [3.05, 3.63) is 68.7 Å². The molecule has 0 aromatic heterocycles. The fraction of sp³-hybridized carbons (Fsp3) is 0.294. The van der Waals surface area contributed by atoms with Crippen LogP contribution < -0.4 is 5.32 Å². The zero-order valence-corrected chi connectivity index (χ0v) is 14.1. The summed E-state index contributed by atoms with van der Waals surface area (Å²) >= 11 is 9.96. The van der Waals surface area contributed by atoms with Crippen molar-refractivity contribution in [1.82, 2.24) is 5.32 Å². The zero-order valence-electron chi connectivity index (χ0n) is 11.8. The van der Waals surface area contributed by atoms with Crippen molar-refractivity contribution in [2.45, 2.75) is 26.3 Å². The molecule has 1 atom stereocenters. The van der Waals surface area contributed by atoms with E-state index >= 15 is 0 Å². The first kappa shape index (κ1) is 15.6. The van der Waals surface area contributed by atoms with Gasteiger partial charge in [0, 0.05) is 9.50 Å². The van der Waals surface area contributed by atoms with Gasteiger partial charge in [-0.3, -0.25) is 0 Å². The highest BCUT2D eigenvalue weighted by atomic mass is 79.9. The molecule has 1 unspecified atom stereocenters. The van der Waals surface area contributed by atoms with Crippen LogP contribution in [0.15, 0.2) is 46.9 Å². The van der Waals surface area contributed by atoms with Crippen LogP contribution in [0.25, 0.3) is 0 Å². The Morgan fingerprint density at radius 3 is 2.60 bits per heavy atom. The van der Waals surface area contributed by atoms with Crippen LogP contribution in [0, 0.1) is 6.92 Å². The summed E-state index contributed by atoms with van der Waals surface area (Å²) in [5.74, 6) is 0. The van der Waals surface area contributed by atoms with Gasteiger partial charge < -0.3 is 5.32 Å². The number of hydrogen-bond donors (Lipinski definition) is 1. The van der Waals surface area contributed by atoms with Gasteiger partial charge in [-0.2, -0.15) is 0 Å². The van der Waals surface area contributed by atoms with Crippen molar-refractivity contribution in [1.29, 1.82) is 0 Å². The molecule has 0 bridgehead atoms. The average molecular weight is 353 g/mol. The lowest BCUT2D eigenvalue weighted by atomic mass is 9.97. The van der Waals surface area contributed by atoms with E-state index in [9.17, 15) is 0 Å². The number of aryl methyl sites for hydroxylation is 1. The number of benzene rings is 2. The van der Waals surface area contributed by atoms with Crippen LogP contribution in [0.4, 0.5) is 0 Å². The van der Waals surface area contributed by atoms with Gasteiger partial charge in [-0.25, -0.2) is 0 Å². The Kier molecular flexibility index (Phi) is 5.64. The minimum absolute atomic E-state index is 0.125. The predicted octanol–water partition coefficient (Wildman–Crippen LogP) is 5.50. The van der Waals surface area contributed by atoms with E-state index in [1.54, 1.807) is 0 Å². The number of hydrogen-bond acceptors (Lipinski definition) is 1. The Morgan fingerprint density at radius 1 is 1.20 bits per heavy atom. The Bertz CT molecular complexity index is 563. The summed E-state index contributed by atoms with van der Waals surface area (Å²) in [5, 5.41) is 4.40. The molecule has 0 spiro atoms. The van der Waals surface area contributed by atoms with Gasteiger partial charge in [-0.1, -0.05) is 58.7 Å². The lowest BCUT2D eigenvalue weighted by Gasteiger charge is -2.21. The van der Waals surface area contributed by atoms with Crippen molar-refractivity contribution in [2.24, 2.45) is 0 Å². The molecular formula is C17H19BrClN. The summed E-state index contributed by atoms with van der Waals surface area (Å²) in [6.45, 7) is 5.24. The number of rotatable bonds is 5. The lowest BCUT2D eigenvalue weighted by Crippen LogP contribution is -2.23. The fourth-order valence-electron chi connectivity index (χ4n) is 2.34. The highest BCUT2D eigenvalue weighted by Gasteiger charge is 2.16. The van der Waals surface area contributed by atoms with E-state index in [2.05, 4.69) is 59.4 Å². The molecule has 106 valence electrons. The molecule has 0 saturated carbocycles. The van der Waals surface area contributed by atoms with E-state index in [0.717, 1.165) is 28.0 Å². The average Bonchev–Trinajstić information content (AvgIpc) is 2.40. The molecule has 0 aliphatic rings. The molecule has 3 heteroatoms. The Hall–Kier alpha value is -0.830. The molecular weight excluding hydrogens is 334 g/mol. The highest BCUT2D eigenvalue weighted by molar-refractivity contribution is 9.10. The first-order valence-electron chi connectivity index (χ1n) is 6.86. The van der Waals surface area contributed by atoms with Crippen molar-refractivity contribution >= 4 is 27.5 Å². The van der Waals surface area contributed by atoms with Gasteiger partial charge in [-0.15, -0.1) is 0 Å². The van der Waals surface area contributed by atoms with Crippen molar-refractivity contribution < 1.29 is 0 Å². The van der Waals surface area contributed by atoms with Gasteiger partial charge in [-0.05, 0) is 54.8 Å². The van der Waals surface area contributed by atoms with Gasteiger partial charge in [0.15, 0.2) is 0 Å². The van der Waals surface area contributed by atoms with Crippen LogP contribution in [0.5, 0.6) is 0 Å². The van der Waals surface area contributed by atoms with E-state index < -0.39 is 0 Å². The molecule has 0 heterocycles. The van der Waals surface area contributed by atoms with Crippen LogP contribution in [-0.4, -0.2) is 6.54 Å². The molecule has 0 saturated heterocycles. The van der Waals surface area contributed by atoms with E-state index in [-0.39, 0.29) is 6.04 Å². The quantitative estimate of drug-likeness (QED) is 0.749. The minimum atomic E-state index is 0.125. The summed E-state index contributed by atoms with van der Waals surface area (Å²) < 4.78 is 1.10. The summed E-state index contributed by atoms with van der Waals surface area (Å²) in [6, 6.07) is 14.6. The lowest BCUT2D eigenvalue weighted by molar-refractivity contribution is 0.598. The first-order valence-corrected chi connectivity index (χ1v) is 8.04. The first-order chi connectivity index (χ1) is 9.61. The Balaban J connectivity index is 2.44. The summed E-state index contributed by atoms with van der Waals surface area (Å²) in [6.07, 6.45) is 1.09. The van der Waals surface area contributed by atoms with Crippen LogP contribution in [0.3, 0.4) is 0 Å². The molecule has 0 radical (unpaired) electrons. The van der Waals surface area contributed by atoms with Gasteiger partial charge in [0.2, 0.25) is 0 Å². The third kappa shape index (κ3) is 3.85. The second-order valence-corrected chi connectivity index (χ2v) is 6.29. The predicted molar refractivity (Wildman–Crippen MR) is 90.5 cm³/mol. The standard InChI is InChI=1S/C17H19BrClN/c1-3-8-20-17(15-6-4-5-7-16(15)19)13-9-12(2)10-14(18)11-13/h4-7,9-11,17,20H,3,8H2,1-2H3. The second-order valence-electron chi connectivity index (χ2n) is 4.97. The van der Waals surface area contributed by atoms with Crippen LogP contribution in [0.2, 0.25) is 5.02 Å². The molecule has 2 aromatic rings. The maximum absolute atomic E-state index is 6.38. The van der Waals surface area contributed by atoms with Gasteiger partial charge >= 0.3 is 0 Å². The topological polar surface area (TPSA) is 12.0 Å². The van der Waals surface area contributed by atoms with Gasteiger partial charge in [0.05, 0.1) is 6.04 Å². The van der Waals surface area contributed by atoms with Crippen LogP contribution in [0.1, 0.15) is 36.1 Å². The summed E-state index contributed by atoms with van der Waals surface area (Å²) in [4.78, 5) is 0. The molecule has 0 aliphatic heterocycles. The van der Waals surface area contributed by atoms with Crippen molar-refractivity contribution in [3.8, 4) is 0 Å². The van der Waals surface area contributed by atoms with Crippen molar-refractivity contribution in [2.75, 3.05) is 6.54 Å². The molecule has 2 aromatic carbocycles. The summed E-state index contributed by atoms with van der Waals surface area (Å²) in [7, 11) is 0. The maximum Gasteiger partial charge on any atom is 0.0591 e. The normalized spacial score (nSPS) is 12.4. The SMILES string of the molecule is CCCNC(c1cc(C)cc(Br)c1)c1ccccc1Cl. The maximum atomic E-state index is 6.38. The van der Waals surface area contributed by atoms with E-state index in [0.29, 0.717) is 0 Å². The van der Waals surface area contributed by atoms with Crippen LogP contribution >= 0.6 is 27.5 Å². The van der Waals surface area contributed by atoms with E-state index in [4.69, 9.17) is 11.6 Å². The zero-order chi connectivity index (χ0) is 14.5. The number of halogens is 2. The van der Waals surface area contributed by atoms with E-state index in [1.165, 1.54) is 11.1 Å². The third-order valence-electron chi connectivity index (χ3n) is 3.21. The second kappa shape index (κ2) is 7.26. The number of nitrogens with one attached hydrogen (secondary N) is 1. The van der Waals surface area contributed by atoms with Gasteiger partial charge in [0.1, 0.15) is 0 Å². The molecule has 20 heavy (non-hydrogen) atoms. The third-order valence-corrected chi connectivity index (χ3v) is 4.01. The summed E-state index contributed by atoms with van der Waals surface area (Å²) in [5.41, 5.74) is 3.60. The Morgan fingerprint density at radius 2 is 1.95 bits per heavy atom. The van der Waals surface area contributed by atoms with Gasteiger partial charge in [0.25, 0.3) is 0 Å². The molecule has 0 amide bonds.